The molecule has 0 amide bonds. The van der Waals surface area contributed by atoms with Crippen molar-refractivity contribution >= 4 is 28.4 Å². The first kappa shape index (κ1) is 19.4. The number of nitrogens with two attached hydrogens (primary N) is 2. The minimum atomic E-state index is -1.70. The summed E-state index contributed by atoms with van der Waals surface area (Å²) in [6.45, 7) is 3.08. The standard InChI is InChI=1S/C19H22F2N4O4/c1-19(7-22)4-5-24(8-19)16-12(20)14(23)11-15(13(16)21)25(9-2-3-9)6-10(17(11)26)29-18(27)28/h6,9H,2-5,7-8,22-23H2,1H3,(H,27,28). The van der Waals surface area contributed by atoms with E-state index in [1.165, 1.54) is 4.57 Å². The van der Waals surface area contributed by atoms with Crippen LogP contribution in [0.4, 0.5) is 25.0 Å². The third-order valence-electron chi connectivity index (χ3n) is 5.84. The highest BCUT2D eigenvalue weighted by atomic mass is 19.1. The molecule has 1 aliphatic heterocycles. The number of nitrogen functional groups attached to an aromatic ring is 1. The molecular formula is C19H22F2N4O4. The van der Waals surface area contributed by atoms with Crippen LogP contribution in [0.25, 0.3) is 10.9 Å². The average molecular weight is 408 g/mol. The Kier molecular flexibility index (Phi) is 4.41. The number of halogens is 2. The van der Waals surface area contributed by atoms with Gasteiger partial charge in [0.1, 0.15) is 5.69 Å². The Labute approximate surface area is 164 Å². The minimum absolute atomic E-state index is 0.134. The molecule has 1 saturated carbocycles. The fourth-order valence-corrected chi connectivity index (χ4v) is 3.99. The SMILES string of the molecule is CC1(CN)CCN(c2c(F)c(N)c3c(=O)c(OC(=O)O)cn(C4CC4)c3c2F)C1. The monoisotopic (exact) mass is 408 g/mol. The molecular weight excluding hydrogens is 386 g/mol. The molecule has 8 nitrogen and oxygen atoms in total. The Morgan fingerprint density at radius 1 is 1.38 bits per heavy atom. The van der Waals surface area contributed by atoms with Gasteiger partial charge in [-0.3, -0.25) is 4.79 Å². The highest BCUT2D eigenvalue weighted by Gasteiger charge is 2.38. The highest BCUT2D eigenvalue weighted by Crippen LogP contribution is 2.43. The van der Waals surface area contributed by atoms with Gasteiger partial charge in [-0.25, -0.2) is 13.6 Å². The minimum Gasteiger partial charge on any atom is -0.449 e. The van der Waals surface area contributed by atoms with Crippen LogP contribution in [0.3, 0.4) is 0 Å². The van der Waals surface area contributed by atoms with Crippen LogP contribution >= 0.6 is 0 Å². The lowest BCUT2D eigenvalue weighted by molar-refractivity contribution is 0.143. The number of hydrogen-bond donors (Lipinski definition) is 3. The first-order valence-electron chi connectivity index (χ1n) is 9.38. The molecule has 2 aromatic rings. The van der Waals surface area contributed by atoms with E-state index in [0.29, 0.717) is 38.9 Å². The lowest BCUT2D eigenvalue weighted by Crippen LogP contribution is -2.32. The molecule has 0 bridgehead atoms. The first-order chi connectivity index (χ1) is 13.7. The molecule has 2 fully saturated rings. The van der Waals surface area contributed by atoms with Gasteiger partial charge in [-0.2, -0.15) is 0 Å². The lowest BCUT2D eigenvalue weighted by atomic mass is 9.90. The van der Waals surface area contributed by atoms with Gasteiger partial charge in [-0.1, -0.05) is 6.92 Å². The zero-order valence-electron chi connectivity index (χ0n) is 15.9. The van der Waals surface area contributed by atoms with Gasteiger partial charge in [0.2, 0.25) is 5.43 Å². The quantitative estimate of drug-likeness (QED) is 0.524. The van der Waals surface area contributed by atoms with Crippen molar-refractivity contribution in [3.05, 3.63) is 28.1 Å². The van der Waals surface area contributed by atoms with Gasteiger partial charge in [0, 0.05) is 19.1 Å². The van der Waals surface area contributed by atoms with Crippen molar-refractivity contribution in [1.82, 2.24) is 4.57 Å². The molecule has 1 aliphatic carbocycles. The summed E-state index contributed by atoms with van der Waals surface area (Å²) in [6, 6.07) is -0.144. The largest absolute Gasteiger partial charge is 0.511 e. The van der Waals surface area contributed by atoms with Crippen molar-refractivity contribution in [2.75, 3.05) is 30.3 Å². The average Bonchev–Trinajstić information content (AvgIpc) is 3.44. The summed E-state index contributed by atoms with van der Waals surface area (Å²) in [5.74, 6) is -2.46. The number of carbonyl (C=O) groups is 1. The molecule has 0 radical (unpaired) electrons. The summed E-state index contributed by atoms with van der Waals surface area (Å²) in [5.41, 5.74) is 9.56. The van der Waals surface area contributed by atoms with E-state index in [-0.39, 0.29) is 22.7 Å². The summed E-state index contributed by atoms with van der Waals surface area (Å²) >= 11 is 0. The van der Waals surface area contributed by atoms with E-state index in [4.69, 9.17) is 16.6 Å². The van der Waals surface area contributed by atoms with E-state index in [9.17, 15) is 9.59 Å². The third-order valence-corrected chi connectivity index (χ3v) is 5.84. The van der Waals surface area contributed by atoms with Crippen LogP contribution in [0.5, 0.6) is 5.75 Å². The van der Waals surface area contributed by atoms with Crippen LogP contribution in [-0.2, 0) is 0 Å². The Bertz CT molecular complexity index is 1080. The molecule has 10 heteroatoms. The van der Waals surface area contributed by atoms with Gasteiger partial charge in [-0.15, -0.1) is 0 Å². The normalized spacial score (nSPS) is 21.7. The summed E-state index contributed by atoms with van der Waals surface area (Å²) < 4.78 is 36.8. The molecule has 29 heavy (non-hydrogen) atoms. The van der Waals surface area contributed by atoms with Gasteiger partial charge in [-0.05, 0) is 31.2 Å². The molecule has 0 spiro atoms. The van der Waals surface area contributed by atoms with Crippen LogP contribution in [0, 0.1) is 17.0 Å². The number of benzene rings is 1. The van der Waals surface area contributed by atoms with Gasteiger partial charge < -0.3 is 30.8 Å². The van der Waals surface area contributed by atoms with E-state index in [0.717, 1.165) is 6.20 Å². The van der Waals surface area contributed by atoms with Crippen LogP contribution in [0.15, 0.2) is 11.0 Å². The molecule has 5 N–H and O–H groups in total. The van der Waals surface area contributed by atoms with Gasteiger partial charge in [0.15, 0.2) is 17.4 Å². The second kappa shape index (κ2) is 6.58. The molecule has 4 rings (SSSR count). The zero-order chi connectivity index (χ0) is 21.1. The number of nitrogens with zero attached hydrogens (tertiary/aromatic N) is 2. The Morgan fingerprint density at radius 2 is 2.07 bits per heavy atom. The van der Waals surface area contributed by atoms with Crippen LogP contribution in [0.2, 0.25) is 0 Å². The van der Waals surface area contributed by atoms with Gasteiger partial charge >= 0.3 is 6.16 Å². The zero-order valence-corrected chi connectivity index (χ0v) is 15.9. The Balaban J connectivity index is 1.99. The molecule has 2 heterocycles. The molecule has 2 aliphatic rings. The van der Waals surface area contributed by atoms with Crippen LogP contribution in [-0.4, -0.2) is 35.5 Å². The summed E-state index contributed by atoms with van der Waals surface area (Å²) in [4.78, 5) is 25.2. The maximum atomic E-state index is 15.7. The maximum absolute atomic E-state index is 15.7. The second-order valence-electron chi connectivity index (χ2n) is 8.13. The van der Waals surface area contributed by atoms with Crippen molar-refractivity contribution in [1.29, 1.82) is 0 Å². The van der Waals surface area contributed by atoms with Gasteiger partial charge in [0.25, 0.3) is 0 Å². The predicted molar refractivity (Wildman–Crippen MR) is 103 cm³/mol. The van der Waals surface area contributed by atoms with Crippen LogP contribution < -0.4 is 26.5 Å². The fraction of sp³-hybridized carbons (Fsp3) is 0.474. The number of fused-ring (bicyclic) bond motifs is 1. The molecule has 1 atom stereocenters. The highest BCUT2D eigenvalue weighted by molar-refractivity contribution is 5.96. The molecule has 1 unspecified atom stereocenters. The molecule has 1 saturated heterocycles. The van der Waals surface area contributed by atoms with E-state index >= 15 is 8.78 Å². The van der Waals surface area contributed by atoms with Crippen LogP contribution in [0.1, 0.15) is 32.2 Å². The smallest absolute Gasteiger partial charge is 0.449 e. The number of rotatable bonds is 4. The Morgan fingerprint density at radius 3 is 2.62 bits per heavy atom. The summed E-state index contributed by atoms with van der Waals surface area (Å²) in [7, 11) is 0. The number of carboxylic acid groups (broad SMARTS) is 1. The fourth-order valence-electron chi connectivity index (χ4n) is 3.99. The third kappa shape index (κ3) is 3.07. The van der Waals surface area contributed by atoms with Crippen molar-refractivity contribution in [2.45, 2.75) is 32.2 Å². The Hall–Kier alpha value is -2.88. The van der Waals surface area contributed by atoms with Crippen molar-refractivity contribution in [3.8, 4) is 5.75 Å². The van der Waals surface area contributed by atoms with E-state index in [1.807, 2.05) is 6.92 Å². The maximum Gasteiger partial charge on any atom is 0.511 e. The summed E-state index contributed by atoms with van der Waals surface area (Å²) in [6.07, 6.45) is 1.56. The number of pyridine rings is 1. The van der Waals surface area contributed by atoms with Crippen molar-refractivity contribution < 1.29 is 23.4 Å². The first-order valence-corrected chi connectivity index (χ1v) is 9.38. The number of aromatic nitrogens is 1. The second-order valence-corrected chi connectivity index (χ2v) is 8.13. The molecule has 1 aromatic carbocycles. The summed E-state index contributed by atoms with van der Waals surface area (Å²) in [5, 5.41) is 8.47. The topological polar surface area (TPSA) is 124 Å². The molecule has 1 aromatic heterocycles. The lowest BCUT2D eigenvalue weighted by Gasteiger charge is -2.26. The van der Waals surface area contributed by atoms with Gasteiger partial charge in [0.05, 0.1) is 22.8 Å². The van der Waals surface area contributed by atoms with E-state index in [1.54, 1.807) is 4.90 Å². The predicted octanol–water partition coefficient (Wildman–Crippen LogP) is 2.43. The number of ether oxygens (including phenoxy) is 1. The number of hydrogen-bond acceptors (Lipinski definition) is 6. The number of anilines is 2. The van der Waals surface area contributed by atoms with E-state index < -0.39 is 40.0 Å². The van der Waals surface area contributed by atoms with E-state index in [2.05, 4.69) is 4.74 Å². The van der Waals surface area contributed by atoms with Crippen molar-refractivity contribution in [3.63, 3.8) is 0 Å². The van der Waals surface area contributed by atoms with Crippen molar-refractivity contribution in [2.24, 2.45) is 11.1 Å². The molecule has 156 valence electrons.